The first-order valence-corrected chi connectivity index (χ1v) is 8.53. The number of rotatable bonds is 5. The first kappa shape index (κ1) is 16.9. The minimum atomic E-state index is -1.25. The molecule has 0 spiro atoms. The summed E-state index contributed by atoms with van der Waals surface area (Å²) in [6.45, 7) is 0. The predicted octanol–water partition coefficient (Wildman–Crippen LogP) is 3.56. The zero-order chi connectivity index (χ0) is 18.9. The normalized spacial score (nSPS) is 18.7. The molecule has 1 fully saturated rings. The molecule has 1 aromatic heterocycles. The van der Waals surface area contributed by atoms with E-state index >= 15 is 0 Å². The van der Waals surface area contributed by atoms with Gasteiger partial charge in [-0.1, -0.05) is 30.3 Å². The number of hydrogen-bond acceptors (Lipinski definition) is 4. The Morgan fingerprint density at radius 1 is 1.07 bits per heavy atom. The molecule has 136 valence electrons. The van der Waals surface area contributed by atoms with Crippen LogP contribution in [0.4, 0.5) is 11.4 Å². The third-order valence-corrected chi connectivity index (χ3v) is 4.71. The van der Waals surface area contributed by atoms with Crippen LogP contribution in [0.1, 0.15) is 12.2 Å². The number of carbonyl (C=O) groups is 2. The van der Waals surface area contributed by atoms with Crippen molar-refractivity contribution in [3.05, 3.63) is 78.8 Å². The summed E-state index contributed by atoms with van der Waals surface area (Å²) in [6, 6.07) is 19.7. The van der Waals surface area contributed by atoms with Crippen molar-refractivity contribution in [1.82, 2.24) is 0 Å². The van der Waals surface area contributed by atoms with Crippen molar-refractivity contribution in [2.75, 3.05) is 17.3 Å². The molecule has 1 N–H and O–H groups in total. The third-order valence-electron chi connectivity index (χ3n) is 4.71. The van der Waals surface area contributed by atoms with Gasteiger partial charge in [-0.05, 0) is 36.4 Å². The number of para-hydroxylation sites is 3. The molecule has 6 heteroatoms. The Bertz CT molecular complexity index is 969. The lowest BCUT2D eigenvalue weighted by molar-refractivity contribution is -0.138. The van der Waals surface area contributed by atoms with Crippen LogP contribution in [0, 0.1) is 0 Å². The SMILES string of the molecule is COc1ccccc1NC(=O)[C@]1(c2ccco2)CC(=O)N1c1ccccc1. The topological polar surface area (TPSA) is 71.8 Å². The molecule has 2 amide bonds. The molecule has 4 rings (SSSR count). The highest BCUT2D eigenvalue weighted by Crippen LogP contribution is 2.46. The summed E-state index contributed by atoms with van der Waals surface area (Å²) in [4.78, 5) is 27.4. The summed E-state index contributed by atoms with van der Waals surface area (Å²) in [5.41, 5.74) is -0.0772. The highest BCUT2D eigenvalue weighted by Gasteiger charge is 2.60. The van der Waals surface area contributed by atoms with Gasteiger partial charge in [0.2, 0.25) is 5.91 Å². The van der Waals surface area contributed by atoms with Gasteiger partial charge in [-0.3, -0.25) is 14.5 Å². The smallest absolute Gasteiger partial charge is 0.259 e. The van der Waals surface area contributed by atoms with Crippen molar-refractivity contribution < 1.29 is 18.7 Å². The average molecular weight is 362 g/mol. The van der Waals surface area contributed by atoms with Gasteiger partial charge >= 0.3 is 0 Å². The van der Waals surface area contributed by atoms with Crippen LogP contribution >= 0.6 is 0 Å². The van der Waals surface area contributed by atoms with Crippen molar-refractivity contribution in [2.45, 2.75) is 12.0 Å². The maximum atomic E-state index is 13.4. The Balaban J connectivity index is 1.76. The highest BCUT2D eigenvalue weighted by molar-refractivity contribution is 6.16. The molecular formula is C21H18N2O4. The molecule has 1 saturated heterocycles. The average Bonchev–Trinajstić information content (AvgIpc) is 3.21. The molecule has 2 heterocycles. The standard InChI is InChI=1S/C21H18N2O4/c1-26-17-11-6-5-10-16(17)22-20(25)21(18-12-7-13-27-18)14-19(24)23(21)15-8-3-2-4-9-15/h2-13H,14H2,1H3,(H,22,25)/t21-/m1/s1. The second kappa shape index (κ2) is 6.64. The van der Waals surface area contributed by atoms with Gasteiger partial charge in [0.25, 0.3) is 5.91 Å². The first-order valence-electron chi connectivity index (χ1n) is 8.53. The van der Waals surface area contributed by atoms with Crippen LogP contribution in [0.3, 0.4) is 0 Å². The van der Waals surface area contributed by atoms with Crippen molar-refractivity contribution in [2.24, 2.45) is 0 Å². The number of ether oxygens (including phenoxy) is 1. The van der Waals surface area contributed by atoms with Crippen LogP contribution in [0.5, 0.6) is 5.75 Å². The lowest BCUT2D eigenvalue weighted by atomic mass is 9.79. The molecule has 0 unspecified atom stereocenters. The second-order valence-electron chi connectivity index (χ2n) is 6.23. The monoisotopic (exact) mass is 362 g/mol. The summed E-state index contributed by atoms with van der Waals surface area (Å²) in [7, 11) is 1.54. The number of nitrogens with zero attached hydrogens (tertiary/aromatic N) is 1. The minimum Gasteiger partial charge on any atom is -0.495 e. The molecule has 0 aliphatic carbocycles. The largest absolute Gasteiger partial charge is 0.495 e. The summed E-state index contributed by atoms with van der Waals surface area (Å²) >= 11 is 0. The van der Waals surface area contributed by atoms with E-state index in [9.17, 15) is 9.59 Å². The fraction of sp³-hybridized carbons (Fsp3) is 0.143. The van der Waals surface area contributed by atoms with Crippen molar-refractivity contribution in [3.8, 4) is 5.75 Å². The van der Waals surface area contributed by atoms with Gasteiger partial charge in [0.15, 0.2) is 5.54 Å². The van der Waals surface area contributed by atoms with E-state index in [1.807, 2.05) is 24.3 Å². The number of β-lactam (4-membered cyclic amide) rings is 1. The maximum Gasteiger partial charge on any atom is 0.259 e. The zero-order valence-electron chi connectivity index (χ0n) is 14.7. The van der Waals surface area contributed by atoms with Gasteiger partial charge in [-0.25, -0.2) is 0 Å². The molecule has 2 aromatic carbocycles. The lowest BCUT2D eigenvalue weighted by Gasteiger charge is -2.48. The highest BCUT2D eigenvalue weighted by atomic mass is 16.5. The second-order valence-corrected chi connectivity index (χ2v) is 6.23. The minimum absolute atomic E-state index is 0.0242. The number of anilines is 2. The number of hydrogen-bond donors (Lipinski definition) is 1. The maximum absolute atomic E-state index is 13.4. The molecule has 0 radical (unpaired) electrons. The first-order chi connectivity index (χ1) is 13.2. The van der Waals surface area contributed by atoms with Gasteiger partial charge in [0, 0.05) is 5.69 Å². The molecule has 1 aliphatic rings. The van der Waals surface area contributed by atoms with Crippen LogP contribution in [-0.4, -0.2) is 18.9 Å². The third kappa shape index (κ3) is 2.66. The number of furan rings is 1. The van der Waals surface area contributed by atoms with E-state index in [4.69, 9.17) is 9.15 Å². The van der Waals surface area contributed by atoms with E-state index in [0.29, 0.717) is 22.9 Å². The van der Waals surface area contributed by atoms with Crippen molar-refractivity contribution >= 4 is 23.2 Å². The van der Waals surface area contributed by atoms with E-state index in [0.717, 1.165) is 0 Å². The molecule has 1 aliphatic heterocycles. The van der Waals surface area contributed by atoms with Gasteiger partial charge in [-0.15, -0.1) is 0 Å². The van der Waals surface area contributed by atoms with Crippen LogP contribution < -0.4 is 15.0 Å². The van der Waals surface area contributed by atoms with Gasteiger partial charge in [0.1, 0.15) is 11.5 Å². The predicted molar refractivity (Wildman–Crippen MR) is 101 cm³/mol. The van der Waals surface area contributed by atoms with Crippen LogP contribution in [-0.2, 0) is 15.1 Å². The van der Waals surface area contributed by atoms with Gasteiger partial charge < -0.3 is 14.5 Å². The van der Waals surface area contributed by atoms with Crippen LogP contribution in [0.25, 0.3) is 0 Å². The summed E-state index contributed by atoms with van der Waals surface area (Å²) < 4.78 is 10.9. The molecule has 3 aromatic rings. The van der Waals surface area contributed by atoms with E-state index in [1.54, 1.807) is 42.5 Å². The van der Waals surface area contributed by atoms with E-state index in [2.05, 4.69) is 5.32 Å². The van der Waals surface area contributed by atoms with E-state index in [1.165, 1.54) is 18.3 Å². The van der Waals surface area contributed by atoms with Crippen molar-refractivity contribution in [1.29, 1.82) is 0 Å². The van der Waals surface area contributed by atoms with Crippen molar-refractivity contribution in [3.63, 3.8) is 0 Å². The molecule has 0 saturated carbocycles. The number of amides is 2. The Morgan fingerprint density at radius 3 is 2.48 bits per heavy atom. The summed E-state index contributed by atoms with van der Waals surface area (Å²) in [5, 5.41) is 2.89. The van der Waals surface area contributed by atoms with Crippen LogP contribution in [0.15, 0.2) is 77.4 Å². The van der Waals surface area contributed by atoms with Gasteiger partial charge in [0.05, 0.1) is 25.5 Å². The molecular weight excluding hydrogens is 344 g/mol. The van der Waals surface area contributed by atoms with E-state index < -0.39 is 5.54 Å². The summed E-state index contributed by atoms with van der Waals surface area (Å²) in [6.07, 6.45) is 1.52. The number of carbonyl (C=O) groups excluding carboxylic acids is 2. The Kier molecular flexibility index (Phi) is 4.16. The molecule has 0 bridgehead atoms. The molecule has 1 atom stereocenters. The van der Waals surface area contributed by atoms with Gasteiger partial charge in [-0.2, -0.15) is 0 Å². The Hall–Kier alpha value is -3.54. The quantitative estimate of drug-likeness (QED) is 0.705. The lowest BCUT2D eigenvalue weighted by Crippen LogP contribution is -2.67. The number of methoxy groups -OCH3 is 1. The number of benzene rings is 2. The van der Waals surface area contributed by atoms with E-state index in [-0.39, 0.29) is 18.2 Å². The molecule has 6 nitrogen and oxygen atoms in total. The summed E-state index contributed by atoms with van der Waals surface area (Å²) in [5.74, 6) is 0.453. The zero-order valence-corrected chi connectivity index (χ0v) is 14.7. The number of nitrogens with one attached hydrogen (secondary N) is 1. The Morgan fingerprint density at radius 2 is 1.81 bits per heavy atom. The fourth-order valence-corrected chi connectivity index (χ4v) is 3.42. The van der Waals surface area contributed by atoms with Crippen LogP contribution in [0.2, 0.25) is 0 Å². The molecule has 27 heavy (non-hydrogen) atoms. The Labute approximate surface area is 156 Å². The fourth-order valence-electron chi connectivity index (χ4n) is 3.42.